The first-order valence-electron chi connectivity index (χ1n) is 46.3. The van der Waals surface area contributed by atoms with Crippen molar-refractivity contribution in [2.24, 2.45) is 21.1 Å². The highest BCUT2D eigenvalue weighted by molar-refractivity contribution is 6.12. The molecule has 0 N–H and O–H groups in total. The fourth-order valence-corrected chi connectivity index (χ4v) is 15.2. The second kappa shape index (κ2) is 27.7. The molecule has 12 nitrogen and oxygen atoms in total. The van der Waals surface area contributed by atoms with E-state index < -0.39 is 64.7 Å². The average molecular weight is 1420 g/mol. The van der Waals surface area contributed by atoms with Crippen LogP contribution in [0.25, 0.3) is 128 Å². The lowest BCUT2D eigenvalue weighted by Gasteiger charge is -2.18. The Morgan fingerprint density at radius 1 is 0.429 bits per heavy atom. The van der Waals surface area contributed by atoms with E-state index >= 15 is 0 Å². The van der Waals surface area contributed by atoms with Crippen molar-refractivity contribution < 1.29 is 57.1 Å². The molecule has 0 fully saturated rings. The molecule has 4 atom stereocenters. The Labute approximate surface area is 649 Å². The molecule has 0 aliphatic heterocycles. The van der Waals surface area contributed by atoms with Crippen LogP contribution in [0, 0.1) is 55.2 Å². The molecule has 0 aliphatic rings. The highest BCUT2D eigenvalue weighted by Gasteiger charge is 2.36. The van der Waals surface area contributed by atoms with Gasteiger partial charge in [-0.25, -0.2) is 28.7 Å². The third-order valence-corrected chi connectivity index (χ3v) is 20.2. The van der Waals surface area contributed by atoms with Crippen LogP contribution in [0.1, 0.15) is 227 Å². The van der Waals surface area contributed by atoms with E-state index in [-0.39, 0.29) is 61.8 Å². The molecule has 0 bridgehead atoms. The standard InChI is InChI=1S/C33H34N3O.2C30H34N3O/c1-19(2)23-13-11-14-24(20(3)4)32(23)36-27-16-9-8-15-26(27)35(7)33(36)25-18-29-31(34-22(25)6)30-21(5)12-10-17-28(30)37-29;1-17(2)22-10-9-11-23(18(3)4)27(22)33-15-14-32(8)30(33)26-20(6)16-19(5)25-24-13-12-21(7)31-29(24)34-28(25)26;1-17(2)22-10-9-11-23(18(3)4)27(22)33-15-14-32(8)30(33)26-19(5)12-13-24-25-20(6)16-21(7)31-29(25)34-28(24)26/h8-20H,1-7H3;2*9-18H,1-8H3/q3*+1/i;1D3,3D3,5D3,17D,18D;1D3,3D3,6D3,17D,18D. The van der Waals surface area contributed by atoms with Crippen molar-refractivity contribution in [3.05, 3.63) is 243 Å². The van der Waals surface area contributed by atoms with Crippen LogP contribution in [0.5, 0.6) is 0 Å². The van der Waals surface area contributed by atoms with E-state index in [9.17, 15) is 0 Å². The number of hydrogen-bond acceptors (Lipinski definition) is 6. The molecule has 7 aromatic carbocycles. The first-order chi connectivity index (χ1) is 58.8. The van der Waals surface area contributed by atoms with Crippen molar-refractivity contribution in [3.8, 4) is 51.2 Å². The fraction of sp³-hybridized carbons (Fsp3) is 0.312. The molecular formula is C93H102N9O3+3. The van der Waals surface area contributed by atoms with Crippen LogP contribution < -0.4 is 13.7 Å². The number of hydrogen-bond donors (Lipinski definition) is 0. The molecule has 534 valence electrons. The molecular weight excluding hydrogens is 1290 g/mol. The SMILES string of the molecule is Cc1nc2c(cc1-c1n(-c3c(C(C)C)cccc3C(C)C)c3ccccc3[n+]1C)oc1cccc(C)c12.[2H]C([2H])([2H])c1cc(C)c(-c2n(-c3c(C([2H])(C)C([2H])([2H])[2H])cccc3C([2H])(C)C([2H])([2H])[2H])cc[n+]2C)c2oc3nc(C)ccc3c12.[2H]C([2H])([2H])c1cc(C)nc2oc3c(-c4n(-c5c(C([2H])(C)C([2H])([2H])[2H])cccc5C([2H])(C)C([2H])([2H])[2H])cc[n+]4C)c(C)ccc3c12. The molecule has 105 heavy (non-hydrogen) atoms. The van der Waals surface area contributed by atoms with E-state index in [1.165, 1.54) is 104 Å². The zero-order valence-corrected chi connectivity index (χ0v) is 62.5. The number of para-hydroxylation sites is 5. The number of furan rings is 3. The summed E-state index contributed by atoms with van der Waals surface area (Å²) < 4.78 is 214. The number of imidazole rings is 3. The van der Waals surface area contributed by atoms with Crippen molar-refractivity contribution >= 4 is 77.2 Å². The Hall–Kier alpha value is -10.7. The maximum atomic E-state index is 9.04. The monoisotopic (exact) mass is 1410 g/mol. The number of aromatic nitrogens is 9. The summed E-state index contributed by atoms with van der Waals surface area (Å²) in [6.45, 7) is 9.19. The number of fused-ring (bicyclic) bond motifs is 10. The van der Waals surface area contributed by atoms with Crippen molar-refractivity contribution in [2.75, 3.05) is 0 Å². The molecule has 0 amide bonds. The van der Waals surface area contributed by atoms with Crippen LogP contribution in [0.2, 0.25) is 0 Å². The fourth-order valence-electron chi connectivity index (χ4n) is 15.2. The molecule has 4 unspecified atom stereocenters. The zero-order valence-electron chi connectivity index (χ0n) is 84.5. The topological polar surface area (TPSA) is 105 Å². The molecule has 16 rings (SSSR count). The van der Waals surface area contributed by atoms with Crippen LogP contribution in [0.3, 0.4) is 0 Å². The van der Waals surface area contributed by atoms with Crippen molar-refractivity contribution in [3.63, 3.8) is 0 Å². The van der Waals surface area contributed by atoms with Crippen molar-refractivity contribution in [1.29, 1.82) is 0 Å². The van der Waals surface area contributed by atoms with E-state index in [0.717, 1.165) is 44.7 Å². The first kappa shape index (κ1) is 49.1. The van der Waals surface area contributed by atoms with Gasteiger partial charge < -0.3 is 13.3 Å². The molecule has 12 heteroatoms. The second-order valence-electron chi connectivity index (χ2n) is 28.4. The van der Waals surface area contributed by atoms with Gasteiger partial charge in [0.1, 0.15) is 64.1 Å². The van der Waals surface area contributed by atoms with Crippen molar-refractivity contribution in [2.45, 2.75) is 173 Å². The lowest BCUT2D eigenvalue weighted by Crippen LogP contribution is -2.30. The van der Waals surface area contributed by atoms with Crippen LogP contribution in [0.4, 0.5) is 0 Å². The van der Waals surface area contributed by atoms with E-state index in [1.54, 1.807) is 102 Å². The summed E-state index contributed by atoms with van der Waals surface area (Å²) in [6.07, 6.45) is 6.61. The predicted molar refractivity (Wildman–Crippen MR) is 432 cm³/mol. The Bertz CT molecular complexity index is 6960. The third kappa shape index (κ3) is 12.2. The number of pyridine rings is 3. The molecule has 0 saturated carbocycles. The molecule has 9 aromatic heterocycles. The minimum atomic E-state index is -2.82. The van der Waals surface area contributed by atoms with Crippen LogP contribution in [-0.2, 0) is 21.1 Å². The summed E-state index contributed by atoms with van der Waals surface area (Å²) >= 11 is 0. The van der Waals surface area contributed by atoms with Gasteiger partial charge in [-0.15, -0.1) is 0 Å². The van der Waals surface area contributed by atoms with Gasteiger partial charge in [-0.1, -0.05) is 180 Å². The molecule has 0 aliphatic carbocycles. The zero-order chi connectivity index (χ0) is 93.3. The number of aryl methyl sites for hydroxylation is 11. The number of benzene rings is 7. The van der Waals surface area contributed by atoms with E-state index in [4.69, 9.17) is 48.4 Å². The van der Waals surface area contributed by atoms with E-state index in [1.807, 2.05) is 25.1 Å². The maximum absolute atomic E-state index is 9.04. The molecule has 16 aromatic rings. The Morgan fingerprint density at radius 2 is 0.962 bits per heavy atom. The van der Waals surface area contributed by atoms with Gasteiger partial charge in [-0.3, -0.25) is 0 Å². The van der Waals surface area contributed by atoms with Gasteiger partial charge in [0.15, 0.2) is 27.8 Å². The maximum Gasteiger partial charge on any atom is 0.297 e. The summed E-state index contributed by atoms with van der Waals surface area (Å²) in [6, 6.07) is 42.8. The van der Waals surface area contributed by atoms with Gasteiger partial charge in [-0.2, -0.15) is 13.7 Å². The van der Waals surface area contributed by atoms with Gasteiger partial charge in [0.05, 0.1) is 37.8 Å². The van der Waals surface area contributed by atoms with Crippen LogP contribution >= 0.6 is 0 Å². The largest absolute Gasteiger partial charge is 0.454 e. The normalized spacial score (nSPS) is 18.1. The molecule has 0 saturated heterocycles. The summed E-state index contributed by atoms with van der Waals surface area (Å²) in [5, 5.41) is 2.81. The lowest BCUT2D eigenvalue weighted by atomic mass is 9.92. The first-order valence-corrected chi connectivity index (χ1v) is 35.3. The minimum absolute atomic E-state index is 0.00455. The number of rotatable bonds is 12. The van der Waals surface area contributed by atoms with Gasteiger partial charge in [0.2, 0.25) is 11.4 Å². The smallest absolute Gasteiger partial charge is 0.297 e. The summed E-state index contributed by atoms with van der Waals surface area (Å²) in [5.41, 5.74) is 16.9. The van der Waals surface area contributed by atoms with E-state index in [2.05, 4.69) is 122 Å². The predicted octanol–water partition coefficient (Wildman–Crippen LogP) is 23.2. The Kier molecular flexibility index (Phi) is 13.0. The summed E-state index contributed by atoms with van der Waals surface area (Å²) in [4.78, 5) is 14.1. The molecule has 0 spiro atoms. The Balaban J connectivity index is 0.000000155. The van der Waals surface area contributed by atoms with Gasteiger partial charge in [0, 0.05) is 103 Å². The van der Waals surface area contributed by atoms with Crippen molar-refractivity contribution in [1.82, 2.24) is 28.7 Å². The van der Waals surface area contributed by atoms with Gasteiger partial charge in [0.25, 0.3) is 17.5 Å². The minimum Gasteiger partial charge on any atom is -0.454 e. The molecule has 0 radical (unpaired) electrons. The third-order valence-electron chi connectivity index (χ3n) is 20.2. The van der Waals surface area contributed by atoms with Crippen LogP contribution in [0.15, 0.2) is 178 Å². The average Bonchev–Trinajstić information content (AvgIpc) is 1.62. The number of nitrogens with zero attached hydrogens (tertiary/aromatic N) is 9. The quantitative estimate of drug-likeness (QED) is 0.113. The second-order valence-corrected chi connectivity index (χ2v) is 28.4. The molecule has 9 heterocycles. The van der Waals surface area contributed by atoms with E-state index in [0.29, 0.717) is 78.7 Å². The highest BCUT2D eigenvalue weighted by Crippen LogP contribution is 2.45. The Morgan fingerprint density at radius 3 is 1.54 bits per heavy atom. The van der Waals surface area contributed by atoms with Crippen LogP contribution in [-0.4, -0.2) is 28.7 Å². The lowest BCUT2D eigenvalue weighted by molar-refractivity contribution is -0.659. The van der Waals surface area contributed by atoms with Gasteiger partial charge in [-0.05, 0) is 155 Å². The highest BCUT2D eigenvalue weighted by atomic mass is 16.3. The van der Waals surface area contributed by atoms with Gasteiger partial charge >= 0.3 is 0 Å². The summed E-state index contributed by atoms with van der Waals surface area (Å²) in [7, 11) is 5.64. The summed E-state index contributed by atoms with van der Waals surface area (Å²) in [5.74, 6) is -6.11.